The minimum Gasteiger partial charge on any atom is -0.481 e. The number of benzene rings is 2. The number of methoxy groups -OCH3 is 1. The first kappa shape index (κ1) is 28.1. The third-order valence-electron chi connectivity index (χ3n) is 6.35. The molecule has 2 amide bonds. The molecular formula is C29H28N2O6S2. The average molecular weight is 565 g/mol. The molecule has 1 aliphatic carbocycles. The lowest BCUT2D eigenvalue weighted by Crippen LogP contribution is -2.34. The Hall–Kier alpha value is -3.89. The molecular weight excluding hydrogens is 536 g/mol. The fraction of sp³-hybridized carbons (Fsp3) is 0.241. The molecule has 1 aromatic heterocycles. The molecule has 8 nitrogen and oxygen atoms in total. The lowest BCUT2D eigenvalue weighted by atomic mass is 9.82. The molecule has 2 atom stereocenters. The Balaban J connectivity index is 1.40. The molecule has 0 saturated carbocycles. The maximum Gasteiger partial charge on any atom is 0.341 e. The van der Waals surface area contributed by atoms with Crippen molar-refractivity contribution in [3.8, 4) is 11.1 Å². The van der Waals surface area contributed by atoms with Crippen molar-refractivity contribution in [1.82, 2.24) is 0 Å². The summed E-state index contributed by atoms with van der Waals surface area (Å²) in [4.78, 5) is 50.4. The summed E-state index contributed by atoms with van der Waals surface area (Å²) in [5.74, 6) is -3.48. The van der Waals surface area contributed by atoms with Gasteiger partial charge in [-0.15, -0.1) is 23.1 Å². The molecule has 202 valence electrons. The summed E-state index contributed by atoms with van der Waals surface area (Å²) >= 11 is 2.53. The van der Waals surface area contributed by atoms with Crippen LogP contribution in [0, 0.1) is 18.8 Å². The Morgan fingerprint density at radius 2 is 1.74 bits per heavy atom. The summed E-state index contributed by atoms with van der Waals surface area (Å²) in [6, 6.07) is 14.8. The Kier molecular flexibility index (Phi) is 9.21. The van der Waals surface area contributed by atoms with E-state index in [1.807, 2.05) is 48.7 Å². The summed E-state index contributed by atoms with van der Waals surface area (Å²) in [6.07, 6.45) is 4.32. The van der Waals surface area contributed by atoms with Crippen molar-refractivity contribution >= 4 is 57.5 Å². The van der Waals surface area contributed by atoms with Gasteiger partial charge in [0.1, 0.15) is 10.6 Å². The number of carbonyl (C=O) groups is 4. The summed E-state index contributed by atoms with van der Waals surface area (Å²) < 4.78 is 4.98. The minimum absolute atomic E-state index is 0.0737. The van der Waals surface area contributed by atoms with E-state index in [1.165, 1.54) is 30.2 Å². The fourth-order valence-electron chi connectivity index (χ4n) is 4.29. The molecule has 3 N–H and O–H groups in total. The number of amides is 2. The summed E-state index contributed by atoms with van der Waals surface area (Å²) in [7, 11) is 1.30. The number of esters is 1. The van der Waals surface area contributed by atoms with Gasteiger partial charge in [-0.25, -0.2) is 4.79 Å². The van der Waals surface area contributed by atoms with E-state index in [9.17, 15) is 24.3 Å². The maximum atomic E-state index is 12.8. The molecule has 0 fully saturated rings. The quantitative estimate of drug-likeness (QED) is 0.169. The SMILES string of the molecule is COC(=O)c1c(-c2ccc(C)cc2)csc1NC(=O)CSc1cccc(NC(=O)C2CC=CCC2C(=O)O)c1. The summed E-state index contributed by atoms with van der Waals surface area (Å²) in [5.41, 5.74) is 3.48. The highest BCUT2D eigenvalue weighted by molar-refractivity contribution is 8.00. The van der Waals surface area contributed by atoms with E-state index < -0.39 is 23.8 Å². The van der Waals surface area contributed by atoms with Gasteiger partial charge in [0.05, 0.1) is 24.7 Å². The van der Waals surface area contributed by atoms with Crippen LogP contribution >= 0.6 is 23.1 Å². The van der Waals surface area contributed by atoms with E-state index in [2.05, 4.69) is 10.6 Å². The van der Waals surface area contributed by atoms with Gasteiger partial charge < -0.3 is 20.5 Å². The first-order valence-electron chi connectivity index (χ1n) is 12.2. The van der Waals surface area contributed by atoms with Crippen LogP contribution in [0.3, 0.4) is 0 Å². The largest absolute Gasteiger partial charge is 0.481 e. The summed E-state index contributed by atoms with van der Waals surface area (Å²) in [6.45, 7) is 1.98. The second kappa shape index (κ2) is 12.8. The van der Waals surface area contributed by atoms with E-state index in [1.54, 1.807) is 24.3 Å². The number of aryl methyl sites for hydroxylation is 1. The minimum atomic E-state index is -0.984. The van der Waals surface area contributed by atoms with Gasteiger partial charge in [0, 0.05) is 21.5 Å². The number of carboxylic acids is 1. The van der Waals surface area contributed by atoms with E-state index >= 15 is 0 Å². The van der Waals surface area contributed by atoms with Crippen molar-refractivity contribution in [3.05, 3.63) is 77.2 Å². The number of aliphatic carboxylic acids is 1. The van der Waals surface area contributed by atoms with Crippen molar-refractivity contribution in [3.63, 3.8) is 0 Å². The predicted octanol–water partition coefficient (Wildman–Crippen LogP) is 5.85. The molecule has 0 bridgehead atoms. The molecule has 0 aliphatic heterocycles. The van der Waals surface area contributed by atoms with Gasteiger partial charge in [-0.1, -0.05) is 48.0 Å². The number of thioether (sulfide) groups is 1. The van der Waals surface area contributed by atoms with Crippen molar-refractivity contribution in [2.45, 2.75) is 24.7 Å². The second-order valence-electron chi connectivity index (χ2n) is 9.06. The number of rotatable bonds is 9. The van der Waals surface area contributed by atoms with E-state index in [4.69, 9.17) is 4.74 Å². The van der Waals surface area contributed by atoms with Crippen LogP contribution in [0.1, 0.15) is 28.8 Å². The van der Waals surface area contributed by atoms with Crippen LogP contribution in [-0.4, -0.2) is 41.7 Å². The number of carbonyl (C=O) groups excluding carboxylic acids is 3. The number of anilines is 2. The van der Waals surface area contributed by atoms with Crippen molar-refractivity contribution in [2.75, 3.05) is 23.5 Å². The summed E-state index contributed by atoms with van der Waals surface area (Å²) in [5, 5.41) is 17.3. The average Bonchev–Trinajstić information content (AvgIpc) is 3.35. The van der Waals surface area contributed by atoms with Gasteiger partial charge >= 0.3 is 11.9 Å². The maximum absolute atomic E-state index is 12.8. The lowest BCUT2D eigenvalue weighted by molar-refractivity contribution is -0.146. The fourth-order valence-corrected chi connectivity index (χ4v) is 6.02. The first-order valence-corrected chi connectivity index (χ1v) is 14.1. The highest BCUT2D eigenvalue weighted by Gasteiger charge is 2.34. The topological polar surface area (TPSA) is 122 Å². The molecule has 0 radical (unpaired) electrons. The predicted molar refractivity (Wildman–Crippen MR) is 153 cm³/mol. The molecule has 3 aromatic rings. The Bertz CT molecular complexity index is 1410. The van der Waals surface area contributed by atoms with Crippen LogP contribution in [-0.2, 0) is 19.1 Å². The molecule has 10 heteroatoms. The Labute approximate surface area is 234 Å². The molecule has 2 aromatic carbocycles. The number of allylic oxidation sites excluding steroid dienone is 2. The van der Waals surface area contributed by atoms with E-state index in [0.717, 1.165) is 16.0 Å². The van der Waals surface area contributed by atoms with Gasteiger partial charge in [-0.05, 0) is 43.5 Å². The third-order valence-corrected chi connectivity index (χ3v) is 8.24. The smallest absolute Gasteiger partial charge is 0.341 e. The highest BCUT2D eigenvalue weighted by Crippen LogP contribution is 2.36. The first-order chi connectivity index (χ1) is 18.8. The van der Waals surface area contributed by atoms with Crippen molar-refractivity contribution in [2.24, 2.45) is 11.8 Å². The third kappa shape index (κ3) is 6.96. The zero-order valence-electron chi connectivity index (χ0n) is 21.4. The van der Waals surface area contributed by atoms with Crippen LogP contribution in [0.4, 0.5) is 10.7 Å². The number of nitrogens with one attached hydrogen (secondary N) is 2. The standard InChI is InChI=1S/C29H28N2O6S2/c1-17-10-12-18(13-11-17)23-15-39-27(25(23)29(36)37-2)31-24(32)16-38-20-7-5-6-19(14-20)30-26(33)21-8-3-4-9-22(21)28(34)35/h3-7,10-15,21-22H,8-9,16H2,1-2H3,(H,30,33)(H,31,32)(H,34,35). The molecule has 39 heavy (non-hydrogen) atoms. The zero-order chi connectivity index (χ0) is 27.9. The van der Waals surface area contributed by atoms with Gasteiger partial charge in [-0.2, -0.15) is 0 Å². The van der Waals surface area contributed by atoms with Crippen LogP contribution in [0.2, 0.25) is 0 Å². The van der Waals surface area contributed by atoms with E-state index in [-0.39, 0.29) is 17.6 Å². The van der Waals surface area contributed by atoms with Gasteiger partial charge in [-0.3, -0.25) is 14.4 Å². The van der Waals surface area contributed by atoms with Crippen LogP contribution < -0.4 is 10.6 Å². The highest BCUT2D eigenvalue weighted by atomic mass is 32.2. The van der Waals surface area contributed by atoms with Gasteiger partial charge in [0.25, 0.3) is 0 Å². The normalized spacial score (nSPS) is 16.4. The zero-order valence-corrected chi connectivity index (χ0v) is 23.1. The molecule has 4 rings (SSSR count). The molecule has 0 saturated heterocycles. The van der Waals surface area contributed by atoms with Crippen LogP contribution in [0.5, 0.6) is 0 Å². The number of thiophene rings is 1. The molecule has 1 heterocycles. The molecule has 1 aliphatic rings. The second-order valence-corrected chi connectivity index (χ2v) is 11.0. The Morgan fingerprint density at radius 3 is 2.44 bits per heavy atom. The lowest BCUT2D eigenvalue weighted by Gasteiger charge is -2.24. The Morgan fingerprint density at radius 1 is 1.03 bits per heavy atom. The van der Waals surface area contributed by atoms with Gasteiger partial charge in [0.15, 0.2) is 0 Å². The van der Waals surface area contributed by atoms with Crippen LogP contribution in [0.25, 0.3) is 11.1 Å². The van der Waals surface area contributed by atoms with Crippen molar-refractivity contribution < 1.29 is 29.0 Å². The molecule has 0 spiro atoms. The molecule has 2 unspecified atom stereocenters. The number of hydrogen-bond acceptors (Lipinski definition) is 7. The van der Waals surface area contributed by atoms with Gasteiger partial charge in [0.2, 0.25) is 11.8 Å². The van der Waals surface area contributed by atoms with Crippen LogP contribution in [0.15, 0.2) is 71.0 Å². The monoisotopic (exact) mass is 564 g/mol. The van der Waals surface area contributed by atoms with E-state index in [0.29, 0.717) is 34.7 Å². The number of hydrogen-bond donors (Lipinski definition) is 3. The number of ether oxygens (including phenoxy) is 1. The number of carboxylic acid groups (broad SMARTS) is 1. The van der Waals surface area contributed by atoms with Crippen molar-refractivity contribution in [1.29, 1.82) is 0 Å².